The van der Waals surface area contributed by atoms with Crippen molar-refractivity contribution in [1.29, 1.82) is 0 Å². The third-order valence-corrected chi connectivity index (χ3v) is 1.90. The van der Waals surface area contributed by atoms with E-state index in [0.717, 1.165) is 12.1 Å². The van der Waals surface area contributed by atoms with Crippen LogP contribution in [0.25, 0.3) is 0 Å². The maximum absolute atomic E-state index is 13.0. The van der Waals surface area contributed by atoms with Gasteiger partial charge in [-0.05, 0) is 18.2 Å². The van der Waals surface area contributed by atoms with Gasteiger partial charge in [-0.2, -0.15) is 13.2 Å². The summed E-state index contributed by atoms with van der Waals surface area (Å²) >= 11 is 5.43. The number of rotatable bonds is 3. The second kappa shape index (κ2) is 4.88. The topological polar surface area (TPSA) is 29.5 Å². The first kappa shape index (κ1) is 13.1. The molecule has 0 fully saturated rings. The Balaban J connectivity index is 2.62. The van der Waals surface area contributed by atoms with Gasteiger partial charge in [0.25, 0.3) is 0 Å². The molecule has 16 heavy (non-hydrogen) atoms. The van der Waals surface area contributed by atoms with Crippen LogP contribution in [0.1, 0.15) is 0 Å². The normalized spacial score (nSPS) is 13.6. The van der Waals surface area contributed by atoms with Gasteiger partial charge in [0.1, 0.15) is 6.61 Å². The standard InChI is InChI=1S/C9H7ClF4O2/c10-5-1-2-7(6(11)3-5)16-4-8(15)9(12,13)14/h1-3,8,15H,4H2. The summed E-state index contributed by atoms with van der Waals surface area (Å²) in [5, 5.41) is 8.69. The van der Waals surface area contributed by atoms with Gasteiger partial charge < -0.3 is 9.84 Å². The maximum atomic E-state index is 13.0. The van der Waals surface area contributed by atoms with Crippen LogP contribution in [0.5, 0.6) is 5.75 Å². The number of ether oxygens (including phenoxy) is 1. The van der Waals surface area contributed by atoms with E-state index in [1.807, 2.05) is 0 Å². The Hall–Kier alpha value is -1.01. The summed E-state index contributed by atoms with van der Waals surface area (Å²) in [4.78, 5) is 0. The average Bonchev–Trinajstić information content (AvgIpc) is 2.14. The molecule has 1 aromatic carbocycles. The highest BCUT2D eigenvalue weighted by atomic mass is 35.5. The van der Waals surface area contributed by atoms with Gasteiger partial charge in [-0.15, -0.1) is 0 Å². The molecule has 1 aromatic rings. The molecule has 0 heterocycles. The van der Waals surface area contributed by atoms with Crippen LogP contribution in [-0.2, 0) is 0 Å². The van der Waals surface area contributed by atoms with Crippen molar-refractivity contribution in [3.63, 3.8) is 0 Å². The van der Waals surface area contributed by atoms with Crippen LogP contribution in [0.15, 0.2) is 18.2 Å². The van der Waals surface area contributed by atoms with Crippen LogP contribution in [0.4, 0.5) is 17.6 Å². The van der Waals surface area contributed by atoms with Crippen LogP contribution < -0.4 is 4.74 Å². The number of hydrogen-bond acceptors (Lipinski definition) is 2. The molecule has 0 aromatic heterocycles. The predicted octanol–water partition coefficient (Wildman–Crippen LogP) is 2.78. The van der Waals surface area contributed by atoms with Crippen LogP contribution in [-0.4, -0.2) is 24.0 Å². The highest BCUT2D eigenvalue weighted by Crippen LogP contribution is 2.24. The quantitative estimate of drug-likeness (QED) is 0.845. The van der Waals surface area contributed by atoms with Crippen molar-refractivity contribution in [2.45, 2.75) is 12.3 Å². The zero-order valence-corrected chi connectivity index (χ0v) is 8.52. The molecule has 1 rings (SSSR count). The first-order chi connectivity index (χ1) is 7.30. The maximum Gasteiger partial charge on any atom is 0.417 e. The van der Waals surface area contributed by atoms with Crippen molar-refractivity contribution >= 4 is 11.6 Å². The lowest BCUT2D eigenvalue weighted by atomic mass is 10.3. The van der Waals surface area contributed by atoms with Crippen molar-refractivity contribution in [2.75, 3.05) is 6.61 Å². The van der Waals surface area contributed by atoms with Crippen molar-refractivity contribution in [3.8, 4) is 5.75 Å². The molecule has 7 heteroatoms. The molecule has 2 nitrogen and oxygen atoms in total. The summed E-state index contributed by atoms with van der Waals surface area (Å²) in [6.45, 7) is -1.07. The molecular weight excluding hydrogens is 252 g/mol. The number of halogens is 5. The van der Waals surface area contributed by atoms with Crippen LogP contribution in [0, 0.1) is 5.82 Å². The van der Waals surface area contributed by atoms with Gasteiger partial charge in [0.15, 0.2) is 17.7 Å². The Morgan fingerprint density at radius 2 is 2.00 bits per heavy atom. The number of alkyl halides is 3. The van der Waals surface area contributed by atoms with Gasteiger partial charge in [-0.1, -0.05) is 11.6 Å². The van der Waals surface area contributed by atoms with Gasteiger partial charge >= 0.3 is 6.18 Å². The summed E-state index contributed by atoms with van der Waals surface area (Å²) in [5.41, 5.74) is 0. The fourth-order valence-corrected chi connectivity index (χ4v) is 1.01. The van der Waals surface area contributed by atoms with E-state index in [1.165, 1.54) is 6.07 Å². The molecule has 0 aliphatic rings. The first-order valence-corrected chi connectivity index (χ1v) is 4.51. The van der Waals surface area contributed by atoms with Crippen molar-refractivity contribution in [1.82, 2.24) is 0 Å². The van der Waals surface area contributed by atoms with E-state index in [4.69, 9.17) is 16.7 Å². The highest BCUT2D eigenvalue weighted by Gasteiger charge is 2.38. The molecule has 0 saturated carbocycles. The lowest BCUT2D eigenvalue weighted by Crippen LogP contribution is -2.34. The molecule has 0 amide bonds. The van der Waals surface area contributed by atoms with E-state index in [0.29, 0.717) is 0 Å². The van der Waals surface area contributed by atoms with Gasteiger partial charge in [-0.25, -0.2) is 4.39 Å². The van der Waals surface area contributed by atoms with Gasteiger partial charge in [-0.3, -0.25) is 0 Å². The van der Waals surface area contributed by atoms with E-state index < -0.39 is 30.5 Å². The lowest BCUT2D eigenvalue weighted by Gasteiger charge is -2.15. The number of hydrogen-bond donors (Lipinski definition) is 1. The molecular formula is C9H7ClF4O2. The van der Waals surface area contributed by atoms with Gasteiger partial charge in [0.05, 0.1) is 0 Å². The molecule has 1 N–H and O–H groups in total. The minimum absolute atomic E-state index is 0.0984. The van der Waals surface area contributed by atoms with E-state index in [9.17, 15) is 17.6 Å². The van der Waals surface area contributed by atoms with Crippen LogP contribution in [0.2, 0.25) is 5.02 Å². The summed E-state index contributed by atoms with van der Waals surface area (Å²) < 4.78 is 53.1. The second-order valence-electron chi connectivity index (χ2n) is 2.94. The smallest absolute Gasteiger partial charge is 0.417 e. The molecule has 0 aliphatic carbocycles. The largest absolute Gasteiger partial charge is 0.487 e. The predicted molar refractivity (Wildman–Crippen MR) is 49.0 cm³/mol. The SMILES string of the molecule is OC(COc1ccc(Cl)cc1F)C(F)(F)F. The second-order valence-corrected chi connectivity index (χ2v) is 3.38. The Bertz CT molecular complexity index is 367. The molecule has 0 bridgehead atoms. The van der Waals surface area contributed by atoms with Crippen molar-refractivity contribution in [3.05, 3.63) is 29.0 Å². The minimum atomic E-state index is -4.79. The summed E-state index contributed by atoms with van der Waals surface area (Å²) in [6.07, 6.45) is -7.44. The van der Waals surface area contributed by atoms with Gasteiger partial charge in [0, 0.05) is 5.02 Å². The zero-order chi connectivity index (χ0) is 12.3. The molecule has 0 saturated heterocycles. The van der Waals surface area contributed by atoms with E-state index in [2.05, 4.69) is 4.74 Å². The first-order valence-electron chi connectivity index (χ1n) is 4.13. The average molecular weight is 259 g/mol. The van der Waals surface area contributed by atoms with Crippen molar-refractivity contribution < 1.29 is 27.4 Å². The van der Waals surface area contributed by atoms with E-state index in [-0.39, 0.29) is 5.02 Å². The Morgan fingerprint density at radius 3 is 2.50 bits per heavy atom. The number of aliphatic hydroxyl groups excluding tert-OH is 1. The lowest BCUT2D eigenvalue weighted by molar-refractivity contribution is -0.210. The summed E-state index contributed by atoms with van der Waals surface area (Å²) in [6, 6.07) is 3.25. The zero-order valence-electron chi connectivity index (χ0n) is 7.76. The fraction of sp³-hybridized carbons (Fsp3) is 0.333. The number of benzene rings is 1. The Kier molecular flexibility index (Phi) is 3.98. The van der Waals surface area contributed by atoms with E-state index >= 15 is 0 Å². The molecule has 0 radical (unpaired) electrons. The Labute approximate surface area is 93.4 Å². The summed E-state index contributed by atoms with van der Waals surface area (Å²) in [7, 11) is 0. The number of aliphatic hydroxyl groups is 1. The van der Waals surface area contributed by atoms with Crippen LogP contribution >= 0.6 is 11.6 Å². The van der Waals surface area contributed by atoms with Crippen LogP contribution in [0.3, 0.4) is 0 Å². The molecule has 1 unspecified atom stereocenters. The third kappa shape index (κ3) is 3.53. The Morgan fingerprint density at radius 1 is 1.38 bits per heavy atom. The summed E-state index contributed by atoms with van der Waals surface area (Å²) in [5.74, 6) is -1.28. The molecule has 90 valence electrons. The molecule has 0 aliphatic heterocycles. The molecule has 1 atom stereocenters. The molecule has 0 spiro atoms. The van der Waals surface area contributed by atoms with E-state index in [1.54, 1.807) is 0 Å². The third-order valence-electron chi connectivity index (χ3n) is 1.67. The van der Waals surface area contributed by atoms with Crippen molar-refractivity contribution in [2.24, 2.45) is 0 Å². The fourth-order valence-electron chi connectivity index (χ4n) is 0.855. The monoisotopic (exact) mass is 258 g/mol. The highest BCUT2D eigenvalue weighted by molar-refractivity contribution is 6.30. The minimum Gasteiger partial charge on any atom is -0.487 e. The van der Waals surface area contributed by atoms with Gasteiger partial charge in [0.2, 0.25) is 0 Å².